The van der Waals surface area contributed by atoms with Crippen molar-refractivity contribution in [3.63, 3.8) is 0 Å². The van der Waals surface area contributed by atoms with Crippen molar-refractivity contribution in [1.29, 1.82) is 0 Å². The molecule has 2 heterocycles. The molecule has 0 radical (unpaired) electrons. The van der Waals surface area contributed by atoms with Gasteiger partial charge < -0.3 is 19.7 Å². The van der Waals surface area contributed by atoms with Crippen LogP contribution in [-0.4, -0.2) is 41.5 Å². The number of benzene rings is 2. The van der Waals surface area contributed by atoms with E-state index in [0.29, 0.717) is 31.6 Å². The molecular formula is C20H20ClN5O2. The second-order valence-corrected chi connectivity index (χ2v) is 6.74. The molecule has 1 N–H and O–H groups in total. The van der Waals surface area contributed by atoms with E-state index < -0.39 is 0 Å². The topological polar surface area (TPSA) is 72.4 Å². The minimum absolute atomic E-state index is 0.489. The second-order valence-electron chi connectivity index (χ2n) is 6.31. The summed E-state index contributed by atoms with van der Waals surface area (Å²) in [4.78, 5) is 6.61. The Morgan fingerprint density at radius 1 is 1.04 bits per heavy atom. The van der Waals surface area contributed by atoms with Gasteiger partial charge in [0.05, 0.1) is 19.4 Å². The highest BCUT2D eigenvalue weighted by molar-refractivity contribution is 6.30. The Labute approximate surface area is 168 Å². The number of ether oxygens (including phenoxy) is 2. The monoisotopic (exact) mass is 397 g/mol. The number of morpholine rings is 1. The van der Waals surface area contributed by atoms with Gasteiger partial charge >= 0.3 is 0 Å². The zero-order valence-electron chi connectivity index (χ0n) is 15.2. The van der Waals surface area contributed by atoms with Crippen LogP contribution in [0.3, 0.4) is 0 Å². The maximum Gasteiger partial charge on any atom is 0.247 e. The Hall–Kier alpha value is -2.90. The standard InChI is InChI=1S/C20H20ClN5O2/c21-16-3-1-15(2-4-16)14-28-18-7-5-17(6-8-18)23-19-13-22-25-20(24-19)26-9-11-27-12-10-26/h1-8,13H,9-12,14H2,(H,23,24,25). The largest absolute Gasteiger partial charge is 0.489 e. The van der Waals surface area contributed by atoms with Gasteiger partial charge in [0, 0.05) is 23.8 Å². The molecule has 1 aliphatic heterocycles. The van der Waals surface area contributed by atoms with Crippen LogP contribution >= 0.6 is 11.6 Å². The van der Waals surface area contributed by atoms with Crippen LogP contribution in [0.4, 0.5) is 17.5 Å². The zero-order valence-corrected chi connectivity index (χ0v) is 16.0. The molecule has 144 valence electrons. The number of hydrogen-bond acceptors (Lipinski definition) is 7. The number of nitrogens with one attached hydrogen (secondary N) is 1. The van der Waals surface area contributed by atoms with Gasteiger partial charge in [-0.3, -0.25) is 0 Å². The molecule has 0 bridgehead atoms. The average Bonchev–Trinajstić information content (AvgIpc) is 2.75. The molecule has 0 aliphatic carbocycles. The minimum Gasteiger partial charge on any atom is -0.489 e. The van der Waals surface area contributed by atoms with Crippen molar-refractivity contribution in [1.82, 2.24) is 15.2 Å². The van der Waals surface area contributed by atoms with Crippen molar-refractivity contribution < 1.29 is 9.47 Å². The molecule has 3 aromatic rings. The smallest absolute Gasteiger partial charge is 0.247 e. The Kier molecular flexibility index (Phi) is 5.84. The molecule has 4 rings (SSSR count). The summed E-state index contributed by atoms with van der Waals surface area (Å²) in [5.74, 6) is 2.04. The van der Waals surface area contributed by atoms with Crippen LogP contribution in [0, 0.1) is 0 Å². The van der Waals surface area contributed by atoms with E-state index in [2.05, 4.69) is 25.4 Å². The number of nitrogens with zero attached hydrogens (tertiary/aromatic N) is 4. The summed E-state index contributed by atoms with van der Waals surface area (Å²) in [6.07, 6.45) is 1.61. The van der Waals surface area contributed by atoms with Crippen LogP contribution in [0.5, 0.6) is 5.75 Å². The summed E-state index contributed by atoms with van der Waals surface area (Å²) < 4.78 is 11.2. The van der Waals surface area contributed by atoms with E-state index >= 15 is 0 Å². The Balaban J connectivity index is 1.35. The lowest BCUT2D eigenvalue weighted by Crippen LogP contribution is -2.37. The molecule has 1 fully saturated rings. The molecule has 0 spiro atoms. The number of aromatic nitrogens is 3. The third-order valence-electron chi connectivity index (χ3n) is 4.29. The lowest BCUT2D eigenvalue weighted by molar-refractivity contribution is 0.122. The van der Waals surface area contributed by atoms with Crippen molar-refractivity contribution in [2.45, 2.75) is 6.61 Å². The summed E-state index contributed by atoms with van der Waals surface area (Å²) >= 11 is 5.90. The SMILES string of the molecule is Clc1ccc(COc2ccc(Nc3cnnc(N4CCOCC4)n3)cc2)cc1. The molecule has 0 atom stereocenters. The highest BCUT2D eigenvalue weighted by atomic mass is 35.5. The van der Waals surface area contributed by atoms with E-state index in [0.717, 1.165) is 35.1 Å². The van der Waals surface area contributed by atoms with Gasteiger partial charge in [-0.1, -0.05) is 23.7 Å². The fourth-order valence-electron chi connectivity index (χ4n) is 2.78. The van der Waals surface area contributed by atoms with Crippen LogP contribution in [0.25, 0.3) is 0 Å². The molecule has 7 nitrogen and oxygen atoms in total. The molecule has 8 heteroatoms. The summed E-state index contributed by atoms with van der Waals surface area (Å²) in [6, 6.07) is 15.3. The molecule has 0 amide bonds. The second kappa shape index (κ2) is 8.86. The Bertz CT molecular complexity index is 899. The lowest BCUT2D eigenvalue weighted by atomic mass is 10.2. The van der Waals surface area contributed by atoms with E-state index in [9.17, 15) is 0 Å². The normalized spacial score (nSPS) is 14.0. The van der Waals surface area contributed by atoms with Gasteiger partial charge in [0.1, 0.15) is 12.4 Å². The van der Waals surface area contributed by atoms with Gasteiger partial charge in [0.15, 0.2) is 5.82 Å². The van der Waals surface area contributed by atoms with E-state index in [-0.39, 0.29) is 0 Å². The van der Waals surface area contributed by atoms with Crippen LogP contribution in [0.15, 0.2) is 54.7 Å². The van der Waals surface area contributed by atoms with Gasteiger partial charge in [-0.2, -0.15) is 10.1 Å². The van der Waals surface area contributed by atoms with Crippen molar-refractivity contribution in [3.8, 4) is 5.75 Å². The third kappa shape index (κ3) is 4.88. The summed E-state index contributed by atoms with van der Waals surface area (Å²) in [5, 5.41) is 12.1. The highest BCUT2D eigenvalue weighted by Crippen LogP contribution is 2.21. The molecule has 0 saturated carbocycles. The zero-order chi connectivity index (χ0) is 19.2. The first-order valence-corrected chi connectivity index (χ1v) is 9.41. The first kappa shape index (κ1) is 18.5. The van der Waals surface area contributed by atoms with Gasteiger partial charge in [-0.25, -0.2) is 0 Å². The molecule has 28 heavy (non-hydrogen) atoms. The molecule has 0 unspecified atom stereocenters. The molecule has 1 saturated heterocycles. The van der Waals surface area contributed by atoms with E-state index in [4.69, 9.17) is 21.1 Å². The van der Waals surface area contributed by atoms with Crippen molar-refractivity contribution in [2.24, 2.45) is 0 Å². The van der Waals surface area contributed by atoms with E-state index in [1.165, 1.54) is 0 Å². The van der Waals surface area contributed by atoms with Gasteiger partial charge in [0.2, 0.25) is 5.95 Å². The van der Waals surface area contributed by atoms with Crippen molar-refractivity contribution in [2.75, 3.05) is 36.5 Å². The average molecular weight is 398 g/mol. The molecule has 1 aromatic heterocycles. The number of hydrogen-bond donors (Lipinski definition) is 1. The first-order valence-electron chi connectivity index (χ1n) is 9.03. The first-order chi connectivity index (χ1) is 13.8. The molecular weight excluding hydrogens is 378 g/mol. The Morgan fingerprint density at radius 2 is 1.79 bits per heavy atom. The van der Waals surface area contributed by atoms with Crippen molar-refractivity contribution >= 4 is 29.1 Å². The maximum absolute atomic E-state index is 5.90. The van der Waals surface area contributed by atoms with Crippen molar-refractivity contribution in [3.05, 3.63) is 65.3 Å². The van der Waals surface area contributed by atoms with Crippen LogP contribution in [0.2, 0.25) is 5.02 Å². The Morgan fingerprint density at radius 3 is 2.54 bits per heavy atom. The van der Waals surface area contributed by atoms with Crippen LogP contribution in [0.1, 0.15) is 5.56 Å². The fraction of sp³-hybridized carbons (Fsp3) is 0.250. The van der Waals surface area contributed by atoms with Crippen LogP contribution < -0.4 is 15.0 Å². The number of halogens is 1. The third-order valence-corrected chi connectivity index (χ3v) is 4.54. The van der Waals surface area contributed by atoms with Crippen LogP contribution in [-0.2, 0) is 11.3 Å². The summed E-state index contributed by atoms with van der Waals surface area (Å²) in [7, 11) is 0. The van der Waals surface area contributed by atoms with Gasteiger partial charge in [-0.05, 0) is 42.0 Å². The quantitative estimate of drug-likeness (QED) is 0.680. The fourth-order valence-corrected chi connectivity index (χ4v) is 2.91. The predicted molar refractivity (Wildman–Crippen MR) is 108 cm³/mol. The summed E-state index contributed by atoms with van der Waals surface area (Å²) in [6.45, 7) is 3.38. The molecule has 2 aromatic carbocycles. The number of anilines is 3. The van der Waals surface area contributed by atoms with Gasteiger partial charge in [-0.15, -0.1) is 5.10 Å². The van der Waals surface area contributed by atoms with Gasteiger partial charge in [0.25, 0.3) is 0 Å². The molecule has 1 aliphatic rings. The lowest BCUT2D eigenvalue weighted by Gasteiger charge is -2.26. The highest BCUT2D eigenvalue weighted by Gasteiger charge is 2.14. The maximum atomic E-state index is 5.90. The van der Waals surface area contributed by atoms with E-state index in [1.54, 1.807) is 6.20 Å². The van der Waals surface area contributed by atoms with E-state index in [1.807, 2.05) is 48.5 Å². The predicted octanol–water partition coefficient (Wildman–Crippen LogP) is 3.68. The minimum atomic E-state index is 0.489. The summed E-state index contributed by atoms with van der Waals surface area (Å²) in [5.41, 5.74) is 1.96. The number of rotatable bonds is 6.